The van der Waals surface area contributed by atoms with E-state index in [0.29, 0.717) is 12.3 Å². The molecule has 1 aromatic rings. The van der Waals surface area contributed by atoms with Crippen molar-refractivity contribution in [3.63, 3.8) is 0 Å². The van der Waals surface area contributed by atoms with E-state index in [1.807, 2.05) is 6.07 Å². The van der Waals surface area contributed by atoms with E-state index in [0.717, 1.165) is 25.7 Å². The highest BCUT2D eigenvalue weighted by Crippen LogP contribution is 2.24. The number of pyridine rings is 1. The lowest BCUT2D eigenvalue weighted by Crippen LogP contribution is -2.20. The number of hydrogen-bond acceptors (Lipinski definition) is 2. The Morgan fingerprint density at radius 2 is 2.20 bits per heavy atom. The zero-order valence-corrected chi connectivity index (χ0v) is 8.69. The van der Waals surface area contributed by atoms with Gasteiger partial charge in [-0.3, -0.25) is 9.59 Å². The molecule has 1 aromatic heterocycles. The van der Waals surface area contributed by atoms with Gasteiger partial charge in [0.2, 0.25) is 5.56 Å². The Balaban J connectivity index is 1.96. The molecule has 0 aliphatic heterocycles. The largest absolute Gasteiger partial charge is 0.316 e. The second-order valence-electron chi connectivity index (χ2n) is 4.08. The molecule has 0 radical (unpaired) electrons. The summed E-state index contributed by atoms with van der Waals surface area (Å²) in [4.78, 5) is 22.8. The fourth-order valence-corrected chi connectivity index (χ4v) is 2.13. The highest BCUT2D eigenvalue weighted by Gasteiger charge is 2.23. The first-order valence-electron chi connectivity index (χ1n) is 5.45. The number of carbonyl (C=O) groups excluding carboxylic acids is 1. The Hall–Kier alpha value is -1.38. The molecule has 15 heavy (non-hydrogen) atoms. The lowest BCUT2D eigenvalue weighted by atomic mass is 10.0. The van der Waals surface area contributed by atoms with Gasteiger partial charge in [0.05, 0.1) is 0 Å². The summed E-state index contributed by atoms with van der Waals surface area (Å²) in [6.07, 6.45) is 5.34. The van der Waals surface area contributed by atoms with Gasteiger partial charge in [0.1, 0.15) is 5.78 Å². The zero-order valence-electron chi connectivity index (χ0n) is 8.69. The van der Waals surface area contributed by atoms with Gasteiger partial charge in [0, 0.05) is 31.1 Å². The Morgan fingerprint density at radius 1 is 1.33 bits per heavy atom. The lowest BCUT2D eigenvalue weighted by molar-refractivity contribution is -0.120. The standard InChI is InChI=1S/C12H15NO2/c14-11-5-3-4-10(11)7-9-13-8-2-1-6-12(13)15/h1-2,6,8,10H,3-5,7,9H2. The minimum atomic E-state index is 0.0166. The molecule has 1 atom stereocenters. The molecular weight excluding hydrogens is 190 g/mol. The fraction of sp³-hybridized carbons (Fsp3) is 0.500. The van der Waals surface area contributed by atoms with Crippen LogP contribution in [0.5, 0.6) is 0 Å². The molecule has 1 fully saturated rings. The molecule has 0 N–H and O–H groups in total. The van der Waals surface area contributed by atoms with Gasteiger partial charge in [-0.25, -0.2) is 0 Å². The van der Waals surface area contributed by atoms with E-state index in [1.54, 1.807) is 22.9 Å². The Morgan fingerprint density at radius 3 is 2.87 bits per heavy atom. The van der Waals surface area contributed by atoms with Gasteiger partial charge in [-0.2, -0.15) is 0 Å². The van der Waals surface area contributed by atoms with Crippen molar-refractivity contribution in [2.75, 3.05) is 0 Å². The fourth-order valence-electron chi connectivity index (χ4n) is 2.13. The summed E-state index contributed by atoms with van der Waals surface area (Å²) in [5, 5.41) is 0. The first-order valence-corrected chi connectivity index (χ1v) is 5.45. The van der Waals surface area contributed by atoms with Crippen molar-refractivity contribution >= 4 is 5.78 Å². The van der Waals surface area contributed by atoms with Crippen molar-refractivity contribution in [1.82, 2.24) is 4.57 Å². The maximum Gasteiger partial charge on any atom is 0.250 e. The third kappa shape index (κ3) is 2.35. The van der Waals surface area contributed by atoms with E-state index in [-0.39, 0.29) is 11.5 Å². The van der Waals surface area contributed by atoms with Gasteiger partial charge in [0.15, 0.2) is 0 Å². The van der Waals surface area contributed by atoms with Crippen LogP contribution < -0.4 is 5.56 Å². The number of hydrogen-bond donors (Lipinski definition) is 0. The predicted octanol–water partition coefficient (Wildman–Crippen LogP) is 1.61. The maximum absolute atomic E-state index is 11.4. The van der Waals surface area contributed by atoms with Crippen LogP contribution >= 0.6 is 0 Å². The third-order valence-electron chi connectivity index (χ3n) is 3.05. The Bertz CT molecular complexity index is 408. The van der Waals surface area contributed by atoms with Crippen LogP contribution in [0.25, 0.3) is 0 Å². The summed E-state index contributed by atoms with van der Waals surface area (Å²) < 4.78 is 1.67. The number of carbonyl (C=O) groups is 1. The van der Waals surface area contributed by atoms with Gasteiger partial charge in [0.25, 0.3) is 0 Å². The molecule has 0 spiro atoms. The lowest BCUT2D eigenvalue weighted by Gasteiger charge is -2.08. The molecule has 1 aliphatic rings. The quantitative estimate of drug-likeness (QED) is 0.752. The molecule has 0 aromatic carbocycles. The van der Waals surface area contributed by atoms with Crippen molar-refractivity contribution in [1.29, 1.82) is 0 Å². The van der Waals surface area contributed by atoms with Crippen LogP contribution in [-0.2, 0) is 11.3 Å². The summed E-state index contributed by atoms with van der Waals surface area (Å²) in [5.41, 5.74) is 0.0166. The van der Waals surface area contributed by atoms with E-state index in [1.165, 1.54) is 0 Å². The summed E-state index contributed by atoms with van der Waals surface area (Å²) in [5.74, 6) is 0.566. The number of Topliss-reactive ketones (excluding diaryl/α,β-unsaturated/α-hetero) is 1. The van der Waals surface area contributed by atoms with Gasteiger partial charge in [-0.1, -0.05) is 6.07 Å². The van der Waals surface area contributed by atoms with Gasteiger partial charge in [-0.15, -0.1) is 0 Å². The number of aryl methyl sites for hydroxylation is 1. The number of ketones is 1. The molecule has 1 unspecified atom stereocenters. The van der Waals surface area contributed by atoms with Crippen molar-refractivity contribution in [2.45, 2.75) is 32.2 Å². The Labute approximate surface area is 88.7 Å². The zero-order chi connectivity index (χ0) is 10.7. The molecule has 3 nitrogen and oxygen atoms in total. The Kier molecular flexibility index (Phi) is 2.99. The monoisotopic (exact) mass is 205 g/mol. The van der Waals surface area contributed by atoms with E-state index >= 15 is 0 Å². The molecule has 2 rings (SSSR count). The summed E-state index contributed by atoms with van der Waals surface area (Å²) in [6.45, 7) is 0.663. The van der Waals surface area contributed by atoms with Crippen LogP contribution in [0.15, 0.2) is 29.2 Å². The molecule has 3 heteroatoms. The first kappa shape index (κ1) is 10.1. The van der Waals surface area contributed by atoms with Crippen LogP contribution in [0.2, 0.25) is 0 Å². The molecule has 1 saturated carbocycles. The third-order valence-corrected chi connectivity index (χ3v) is 3.05. The highest BCUT2D eigenvalue weighted by atomic mass is 16.1. The average Bonchev–Trinajstić information content (AvgIpc) is 2.63. The molecule has 0 saturated heterocycles. The average molecular weight is 205 g/mol. The molecule has 1 heterocycles. The van der Waals surface area contributed by atoms with Crippen LogP contribution in [-0.4, -0.2) is 10.4 Å². The van der Waals surface area contributed by atoms with Gasteiger partial charge >= 0.3 is 0 Å². The maximum atomic E-state index is 11.4. The normalized spacial score (nSPS) is 20.8. The SMILES string of the molecule is O=C1CCCC1CCn1ccccc1=O. The molecular formula is C12H15NO2. The van der Waals surface area contributed by atoms with Crippen molar-refractivity contribution < 1.29 is 4.79 Å². The molecule has 0 bridgehead atoms. The van der Waals surface area contributed by atoms with E-state index in [4.69, 9.17) is 0 Å². The second-order valence-corrected chi connectivity index (χ2v) is 4.08. The van der Waals surface area contributed by atoms with Gasteiger partial charge in [-0.05, 0) is 25.3 Å². The first-order chi connectivity index (χ1) is 7.27. The second kappa shape index (κ2) is 4.43. The van der Waals surface area contributed by atoms with Crippen LogP contribution in [0.4, 0.5) is 0 Å². The summed E-state index contributed by atoms with van der Waals surface area (Å²) in [6, 6.07) is 5.13. The summed E-state index contributed by atoms with van der Waals surface area (Å²) >= 11 is 0. The number of aromatic nitrogens is 1. The van der Waals surface area contributed by atoms with Crippen LogP contribution in [0, 0.1) is 5.92 Å². The molecule has 1 aliphatic carbocycles. The van der Waals surface area contributed by atoms with Crippen LogP contribution in [0.1, 0.15) is 25.7 Å². The van der Waals surface area contributed by atoms with Crippen molar-refractivity contribution in [3.05, 3.63) is 34.7 Å². The van der Waals surface area contributed by atoms with Crippen LogP contribution in [0.3, 0.4) is 0 Å². The van der Waals surface area contributed by atoms with Gasteiger partial charge < -0.3 is 4.57 Å². The minimum Gasteiger partial charge on any atom is -0.316 e. The van der Waals surface area contributed by atoms with E-state index in [9.17, 15) is 9.59 Å². The number of nitrogens with zero attached hydrogens (tertiary/aromatic N) is 1. The number of rotatable bonds is 3. The molecule has 0 amide bonds. The predicted molar refractivity (Wildman–Crippen MR) is 57.7 cm³/mol. The minimum absolute atomic E-state index is 0.0166. The van der Waals surface area contributed by atoms with Crippen molar-refractivity contribution in [2.24, 2.45) is 5.92 Å². The van der Waals surface area contributed by atoms with Crippen molar-refractivity contribution in [3.8, 4) is 0 Å². The highest BCUT2D eigenvalue weighted by molar-refractivity contribution is 5.82. The topological polar surface area (TPSA) is 39.1 Å². The van der Waals surface area contributed by atoms with E-state index in [2.05, 4.69) is 0 Å². The van der Waals surface area contributed by atoms with E-state index < -0.39 is 0 Å². The smallest absolute Gasteiger partial charge is 0.250 e. The molecule has 80 valence electrons. The summed E-state index contributed by atoms with van der Waals surface area (Å²) in [7, 11) is 0.